The van der Waals surface area contributed by atoms with Crippen LogP contribution in [0.3, 0.4) is 0 Å². The van der Waals surface area contributed by atoms with E-state index in [1.54, 1.807) is 17.7 Å². The third-order valence-electron chi connectivity index (χ3n) is 5.26. The number of fused-ring (bicyclic) bond motifs is 1. The van der Waals surface area contributed by atoms with Crippen molar-refractivity contribution in [2.24, 2.45) is 11.7 Å². The maximum Gasteiger partial charge on any atom is 0.341 e. The van der Waals surface area contributed by atoms with Crippen LogP contribution in [-0.2, 0) is 6.54 Å². The van der Waals surface area contributed by atoms with Crippen molar-refractivity contribution in [1.82, 2.24) is 4.57 Å². The molecule has 0 spiro atoms. The lowest BCUT2D eigenvalue weighted by atomic mass is 10.0. The molecule has 0 unspecified atom stereocenters. The normalized spacial score (nSPS) is 17.6. The highest BCUT2D eigenvalue weighted by atomic mass is 35.5. The molecule has 7 nitrogen and oxygen atoms in total. The Hall–Kier alpha value is -2.25. The number of carbonyl (C=O) groups is 1. The van der Waals surface area contributed by atoms with Crippen molar-refractivity contribution in [1.29, 1.82) is 0 Å². The Labute approximate surface area is 164 Å². The van der Waals surface area contributed by atoms with E-state index in [0.717, 1.165) is 25.2 Å². The van der Waals surface area contributed by atoms with Crippen molar-refractivity contribution in [3.63, 3.8) is 0 Å². The van der Waals surface area contributed by atoms with E-state index < -0.39 is 11.4 Å². The fraction of sp³-hybridized carbons (Fsp3) is 0.474. The molecule has 3 rings (SSSR count). The summed E-state index contributed by atoms with van der Waals surface area (Å²) in [4.78, 5) is 26.2. The van der Waals surface area contributed by atoms with E-state index in [0.29, 0.717) is 29.1 Å². The van der Waals surface area contributed by atoms with Crippen LogP contribution in [0.25, 0.3) is 10.9 Å². The average molecular weight is 396 g/mol. The van der Waals surface area contributed by atoms with Crippen LogP contribution in [0.15, 0.2) is 23.1 Å². The molecule has 1 aromatic heterocycles. The molecule has 1 fully saturated rings. The maximum absolute atomic E-state index is 12.6. The van der Waals surface area contributed by atoms with Gasteiger partial charge in [-0.05, 0) is 38.3 Å². The minimum absolute atomic E-state index is 0. The molecule has 8 heteroatoms. The molecule has 148 valence electrons. The van der Waals surface area contributed by atoms with Crippen molar-refractivity contribution in [2.45, 2.75) is 32.9 Å². The lowest BCUT2D eigenvalue weighted by Crippen LogP contribution is -2.30. The van der Waals surface area contributed by atoms with Gasteiger partial charge in [0, 0.05) is 31.9 Å². The molecule has 1 saturated heterocycles. The molecular weight excluding hydrogens is 370 g/mol. The van der Waals surface area contributed by atoms with Crippen molar-refractivity contribution < 1.29 is 14.6 Å². The summed E-state index contributed by atoms with van der Waals surface area (Å²) in [7, 11) is 1.58. The summed E-state index contributed by atoms with van der Waals surface area (Å²) in [6.45, 7) is 6.16. The second kappa shape index (κ2) is 8.19. The molecule has 27 heavy (non-hydrogen) atoms. The molecule has 2 aromatic rings. The number of aromatic nitrogens is 1. The number of aromatic carboxylic acids is 1. The fourth-order valence-corrected chi connectivity index (χ4v) is 3.74. The van der Waals surface area contributed by atoms with Crippen LogP contribution < -0.4 is 20.8 Å². The van der Waals surface area contributed by atoms with Gasteiger partial charge in [0.1, 0.15) is 5.56 Å². The summed E-state index contributed by atoms with van der Waals surface area (Å²) in [5, 5.41) is 9.67. The number of pyridine rings is 1. The minimum atomic E-state index is -1.22. The molecule has 0 saturated carbocycles. The van der Waals surface area contributed by atoms with Gasteiger partial charge in [0.2, 0.25) is 5.43 Å². The highest BCUT2D eigenvalue weighted by molar-refractivity contribution is 5.96. The second-order valence-corrected chi connectivity index (χ2v) is 6.83. The van der Waals surface area contributed by atoms with Crippen molar-refractivity contribution >= 4 is 35.0 Å². The highest BCUT2D eigenvalue weighted by Gasteiger charge is 2.28. The van der Waals surface area contributed by atoms with Crippen molar-refractivity contribution in [2.75, 3.05) is 25.1 Å². The number of nitrogens with zero attached hydrogens (tertiary/aromatic N) is 2. The number of hydrogen-bond acceptors (Lipinski definition) is 5. The Morgan fingerprint density at radius 1 is 1.44 bits per heavy atom. The van der Waals surface area contributed by atoms with Gasteiger partial charge < -0.3 is 25.0 Å². The summed E-state index contributed by atoms with van der Waals surface area (Å²) in [5.41, 5.74) is 6.87. The van der Waals surface area contributed by atoms with Gasteiger partial charge >= 0.3 is 5.97 Å². The summed E-state index contributed by atoms with van der Waals surface area (Å²) in [6, 6.07) is 3.67. The number of anilines is 1. The fourth-order valence-electron chi connectivity index (χ4n) is 3.74. The van der Waals surface area contributed by atoms with E-state index in [1.807, 2.05) is 19.9 Å². The number of hydrogen-bond donors (Lipinski definition) is 2. The summed E-state index contributed by atoms with van der Waals surface area (Å²) in [5.74, 6) is -0.205. The molecule has 3 N–H and O–H groups in total. The van der Waals surface area contributed by atoms with Gasteiger partial charge in [0.15, 0.2) is 5.75 Å². The van der Waals surface area contributed by atoms with Crippen molar-refractivity contribution in [3.05, 3.63) is 34.1 Å². The summed E-state index contributed by atoms with van der Waals surface area (Å²) >= 11 is 0. The zero-order chi connectivity index (χ0) is 19.0. The molecule has 0 amide bonds. The molecule has 0 bridgehead atoms. The zero-order valence-corrected chi connectivity index (χ0v) is 16.6. The minimum Gasteiger partial charge on any atom is -0.492 e. The molecule has 0 aliphatic carbocycles. The van der Waals surface area contributed by atoms with E-state index in [4.69, 9.17) is 10.5 Å². The highest BCUT2D eigenvalue weighted by Crippen LogP contribution is 2.38. The van der Waals surface area contributed by atoms with Gasteiger partial charge in [-0.15, -0.1) is 12.4 Å². The van der Waals surface area contributed by atoms with Gasteiger partial charge in [-0.25, -0.2) is 4.79 Å². The lowest BCUT2D eigenvalue weighted by molar-refractivity contribution is 0.0695. The number of methoxy groups -OCH3 is 1. The molecular formula is C19H26ClN3O4. The first-order chi connectivity index (χ1) is 12.4. The topological polar surface area (TPSA) is 97.8 Å². The number of nitrogens with two attached hydrogens (primary N) is 1. The Balaban J connectivity index is 0.00000261. The maximum atomic E-state index is 12.6. The van der Waals surface area contributed by atoms with Crippen LogP contribution in [0, 0.1) is 5.92 Å². The van der Waals surface area contributed by atoms with Crippen LogP contribution in [0.1, 0.15) is 30.6 Å². The van der Waals surface area contributed by atoms with Gasteiger partial charge in [-0.2, -0.15) is 0 Å². The number of halogens is 1. The number of aryl methyl sites for hydroxylation is 1. The number of benzene rings is 1. The standard InChI is InChI=1S/C19H25N3O4.ClH/c1-4-21-10-14(19(24)25)17(23)13-5-6-15(18(26-3)16(13)21)22-8-7-12(9-22)11(2)20;/h5-6,10-12H,4,7-9,20H2,1-3H3,(H,24,25);1H/t11-,12+;/m0./s1. The van der Waals surface area contributed by atoms with Gasteiger partial charge in [0.25, 0.3) is 0 Å². The summed E-state index contributed by atoms with van der Waals surface area (Å²) in [6.07, 6.45) is 2.41. The predicted molar refractivity (Wildman–Crippen MR) is 109 cm³/mol. The van der Waals surface area contributed by atoms with Crippen LogP contribution in [0.5, 0.6) is 5.75 Å². The van der Waals surface area contributed by atoms with Gasteiger partial charge in [-0.1, -0.05) is 0 Å². The average Bonchev–Trinajstić information content (AvgIpc) is 3.11. The smallest absolute Gasteiger partial charge is 0.341 e. The number of ether oxygens (including phenoxy) is 1. The third kappa shape index (κ3) is 3.61. The first kappa shape index (κ1) is 21.1. The largest absolute Gasteiger partial charge is 0.492 e. The monoisotopic (exact) mass is 395 g/mol. The number of carboxylic acids is 1. The van der Waals surface area contributed by atoms with Gasteiger partial charge in [-0.3, -0.25) is 4.79 Å². The molecule has 1 aliphatic heterocycles. The zero-order valence-electron chi connectivity index (χ0n) is 15.8. The van der Waals surface area contributed by atoms with E-state index in [2.05, 4.69) is 4.90 Å². The second-order valence-electron chi connectivity index (χ2n) is 6.83. The Bertz CT molecular complexity index is 910. The third-order valence-corrected chi connectivity index (χ3v) is 5.26. The number of carboxylic acid groups (broad SMARTS) is 1. The first-order valence-electron chi connectivity index (χ1n) is 8.87. The van der Waals surface area contributed by atoms with Crippen molar-refractivity contribution in [3.8, 4) is 5.75 Å². The SMILES string of the molecule is CCn1cc(C(=O)O)c(=O)c2ccc(N3CC[C@@H]([C@H](C)N)C3)c(OC)c21.Cl. The molecule has 2 heterocycles. The summed E-state index contributed by atoms with van der Waals surface area (Å²) < 4.78 is 7.45. The Kier molecular flexibility index (Phi) is 6.38. The quantitative estimate of drug-likeness (QED) is 0.806. The van der Waals surface area contributed by atoms with E-state index in [1.165, 1.54) is 6.20 Å². The Morgan fingerprint density at radius 2 is 2.15 bits per heavy atom. The molecule has 0 radical (unpaired) electrons. The van der Waals surface area contributed by atoms with E-state index in [9.17, 15) is 14.7 Å². The Morgan fingerprint density at radius 3 is 2.67 bits per heavy atom. The predicted octanol–water partition coefficient (Wildman–Crippen LogP) is 2.32. The van der Waals surface area contributed by atoms with E-state index >= 15 is 0 Å². The number of rotatable bonds is 5. The molecule has 1 aromatic carbocycles. The van der Waals surface area contributed by atoms with E-state index in [-0.39, 0.29) is 24.0 Å². The van der Waals surface area contributed by atoms with Crippen LogP contribution in [-0.4, -0.2) is 41.9 Å². The molecule has 2 atom stereocenters. The lowest BCUT2D eigenvalue weighted by Gasteiger charge is -2.24. The van der Waals surface area contributed by atoms with Crippen LogP contribution >= 0.6 is 12.4 Å². The molecule has 1 aliphatic rings. The van der Waals surface area contributed by atoms with Crippen LogP contribution in [0.4, 0.5) is 5.69 Å². The van der Waals surface area contributed by atoms with Gasteiger partial charge in [0.05, 0.1) is 23.7 Å². The van der Waals surface area contributed by atoms with Crippen LogP contribution in [0.2, 0.25) is 0 Å². The first-order valence-corrected chi connectivity index (χ1v) is 8.87.